The highest BCUT2D eigenvalue weighted by molar-refractivity contribution is 9.10. The third-order valence-corrected chi connectivity index (χ3v) is 3.83. The number of anilines is 4. The Bertz CT molecular complexity index is 896. The molecule has 3 rings (SSSR count). The van der Waals surface area contributed by atoms with Gasteiger partial charge in [-0.05, 0) is 48.5 Å². The predicted molar refractivity (Wildman–Crippen MR) is 94.1 cm³/mol. The van der Waals surface area contributed by atoms with Gasteiger partial charge >= 0.3 is 6.18 Å². The van der Waals surface area contributed by atoms with E-state index in [2.05, 4.69) is 36.5 Å². The van der Waals surface area contributed by atoms with Crippen LogP contribution in [0.25, 0.3) is 0 Å². The lowest BCUT2D eigenvalue weighted by Gasteiger charge is -2.15. The summed E-state index contributed by atoms with van der Waals surface area (Å²) >= 11 is 3.26. The van der Waals surface area contributed by atoms with Crippen LogP contribution >= 0.6 is 15.9 Å². The number of aromatic nitrogens is 2. The number of halogens is 5. The highest BCUT2D eigenvalue weighted by Crippen LogP contribution is 2.35. The molecule has 1 heterocycles. The largest absolute Gasteiger partial charge is 0.421 e. The van der Waals surface area contributed by atoms with E-state index in [-0.39, 0.29) is 11.8 Å². The Morgan fingerprint density at radius 3 is 2.04 bits per heavy atom. The van der Waals surface area contributed by atoms with E-state index in [0.717, 1.165) is 4.47 Å². The van der Waals surface area contributed by atoms with Crippen LogP contribution in [0.1, 0.15) is 5.56 Å². The summed E-state index contributed by atoms with van der Waals surface area (Å²) < 4.78 is 53.4. The molecule has 0 saturated heterocycles. The SMILES string of the molecule is Fc1ccc(Nc2ncc(C(F)(F)F)c(Nc3ccc(Br)cc3)n2)cc1. The third-order valence-electron chi connectivity index (χ3n) is 3.30. The van der Waals surface area contributed by atoms with Crippen LogP contribution in [0, 0.1) is 5.82 Å². The molecule has 9 heteroatoms. The summed E-state index contributed by atoms with van der Waals surface area (Å²) in [6.07, 6.45) is -3.92. The maximum Gasteiger partial charge on any atom is 0.421 e. The molecular formula is C17H11BrF4N4. The molecular weight excluding hydrogens is 416 g/mol. The summed E-state index contributed by atoms with van der Waals surface area (Å²) in [4.78, 5) is 7.61. The van der Waals surface area contributed by atoms with Crippen LogP contribution in [0.4, 0.5) is 40.7 Å². The molecule has 0 amide bonds. The van der Waals surface area contributed by atoms with Gasteiger partial charge in [-0.2, -0.15) is 18.2 Å². The minimum absolute atomic E-state index is 0.0516. The highest BCUT2D eigenvalue weighted by atomic mass is 79.9. The van der Waals surface area contributed by atoms with Gasteiger partial charge < -0.3 is 10.6 Å². The van der Waals surface area contributed by atoms with Crippen molar-refractivity contribution in [3.8, 4) is 0 Å². The zero-order chi connectivity index (χ0) is 18.7. The van der Waals surface area contributed by atoms with Gasteiger partial charge in [-0.15, -0.1) is 0 Å². The van der Waals surface area contributed by atoms with Gasteiger partial charge in [-0.1, -0.05) is 15.9 Å². The maximum atomic E-state index is 13.2. The molecule has 0 saturated carbocycles. The summed E-state index contributed by atoms with van der Waals surface area (Å²) in [5, 5.41) is 5.39. The summed E-state index contributed by atoms with van der Waals surface area (Å²) in [6.45, 7) is 0. The Morgan fingerprint density at radius 1 is 0.846 bits per heavy atom. The number of nitrogens with one attached hydrogen (secondary N) is 2. The number of hydrogen-bond donors (Lipinski definition) is 2. The Labute approximate surface area is 154 Å². The molecule has 0 aliphatic heterocycles. The second-order valence-corrected chi connectivity index (χ2v) is 6.13. The minimum atomic E-state index is -4.62. The fraction of sp³-hybridized carbons (Fsp3) is 0.0588. The van der Waals surface area contributed by atoms with Crippen molar-refractivity contribution < 1.29 is 17.6 Å². The average molecular weight is 427 g/mol. The minimum Gasteiger partial charge on any atom is -0.340 e. The van der Waals surface area contributed by atoms with Crippen LogP contribution in [0.15, 0.2) is 59.2 Å². The summed E-state index contributed by atoms with van der Waals surface area (Å²) in [5.74, 6) is -0.870. The topological polar surface area (TPSA) is 49.8 Å². The van der Waals surface area contributed by atoms with Crippen molar-refractivity contribution in [3.63, 3.8) is 0 Å². The molecule has 3 aromatic rings. The van der Waals surface area contributed by atoms with Gasteiger partial charge in [0.1, 0.15) is 17.2 Å². The van der Waals surface area contributed by atoms with E-state index in [4.69, 9.17) is 0 Å². The first kappa shape index (κ1) is 18.1. The molecule has 0 aliphatic rings. The van der Waals surface area contributed by atoms with Crippen molar-refractivity contribution in [2.75, 3.05) is 10.6 Å². The molecule has 0 atom stereocenters. The normalized spacial score (nSPS) is 11.3. The van der Waals surface area contributed by atoms with E-state index >= 15 is 0 Å². The molecule has 0 spiro atoms. The van der Waals surface area contributed by atoms with Crippen molar-refractivity contribution in [2.45, 2.75) is 6.18 Å². The molecule has 0 bridgehead atoms. The van der Waals surface area contributed by atoms with Crippen molar-refractivity contribution in [3.05, 3.63) is 70.6 Å². The lowest BCUT2D eigenvalue weighted by molar-refractivity contribution is -0.137. The molecule has 26 heavy (non-hydrogen) atoms. The van der Waals surface area contributed by atoms with Crippen LogP contribution in [0.5, 0.6) is 0 Å². The molecule has 0 aliphatic carbocycles. The second-order valence-electron chi connectivity index (χ2n) is 5.22. The Kier molecular flexibility index (Phi) is 5.08. The molecule has 4 nitrogen and oxygen atoms in total. The van der Waals surface area contributed by atoms with Crippen LogP contribution in [-0.4, -0.2) is 9.97 Å². The van der Waals surface area contributed by atoms with E-state index in [9.17, 15) is 17.6 Å². The summed E-state index contributed by atoms with van der Waals surface area (Å²) in [7, 11) is 0. The number of benzene rings is 2. The zero-order valence-corrected chi connectivity index (χ0v) is 14.6. The zero-order valence-electron chi connectivity index (χ0n) is 13.0. The fourth-order valence-corrected chi connectivity index (χ4v) is 2.34. The standard InChI is InChI=1S/C17H11BrF4N4/c18-10-1-5-12(6-2-10)24-15-14(17(20,21)22)9-23-16(26-15)25-13-7-3-11(19)4-8-13/h1-9H,(H2,23,24,25,26). The smallest absolute Gasteiger partial charge is 0.340 e. The average Bonchev–Trinajstić information content (AvgIpc) is 2.58. The summed E-state index contributed by atoms with van der Waals surface area (Å²) in [5.41, 5.74) is -0.115. The van der Waals surface area contributed by atoms with E-state index in [1.165, 1.54) is 24.3 Å². The van der Waals surface area contributed by atoms with Crippen molar-refractivity contribution in [1.29, 1.82) is 0 Å². The summed E-state index contributed by atoms with van der Waals surface area (Å²) in [6, 6.07) is 11.9. The van der Waals surface area contributed by atoms with Gasteiger partial charge in [0.15, 0.2) is 0 Å². The van der Waals surface area contributed by atoms with E-state index in [1.54, 1.807) is 24.3 Å². The predicted octanol–water partition coefficient (Wildman–Crippen LogP) is 5.88. The highest BCUT2D eigenvalue weighted by Gasteiger charge is 2.35. The van der Waals surface area contributed by atoms with Gasteiger partial charge in [-0.25, -0.2) is 9.37 Å². The van der Waals surface area contributed by atoms with E-state index in [0.29, 0.717) is 17.6 Å². The lowest BCUT2D eigenvalue weighted by atomic mass is 10.2. The first-order valence-corrected chi connectivity index (χ1v) is 8.10. The van der Waals surface area contributed by atoms with Crippen LogP contribution in [-0.2, 0) is 6.18 Å². The van der Waals surface area contributed by atoms with Gasteiger partial charge in [0.2, 0.25) is 5.95 Å². The molecule has 2 N–H and O–H groups in total. The Balaban J connectivity index is 1.93. The first-order valence-electron chi connectivity index (χ1n) is 7.31. The molecule has 0 unspecified atom stereocenters. The molecule has 134 valence electrons. The Morgan fingerprint density at radius 2 is 1.42 bits per heavy atom. The van der Waals surface area contributed by atoms with Gasteiger partial charge in [0, 0.05) is 22.0 Å². The Hall–Kier alpha value is -2.68. The van der Waals surface area contributed by atoms with Gasteiger partial charge in [-0.3, -0.25) is 0 Å². The van der Waals surface area contributed by atoms with Crippen LogP contribution in [0.2, 0.25) is 0 Å². The fourth-order valence-electron chi connectivity index (χ4n) is 2.08. The second kappa shape index (κ2) is 7.28. The number of hydrogen-bond acceptors (Lipinski definition) is 4. The van der Waals surface area contributed by atoms with E-state index < -0.39 is 17.6 Å². The monoisotopic (exact) mass is 426 g/mol. The number of rotatable bonds is 4. The third kappa shape index (κ3) is 4.48. The van der Waals surface area contributed by atoms with Crippen LogP contribution < -0.4 is 10.6 Å². The molecule has 0 radical (unpaired) electrons. The van der Waals surface area contributed by atoms with Crippen LogP contribution in [0.3, 0.4) is 0 Å². The van der Waals surface area contributed by atoms with Gasteiger partial charge in [0.05, 0.1) is 0 Å². The quantitative estimate of drug-likeness (QED) is 0.511. The lowest BCUT2D eigenvalue weighted by Crippen LogP contribution is -2.12. The van der Waals surface area contributed by atoms with Crippen molar-refractivity contribution >= 4 is 39.1 Å². The molecule has 1 aromatic heterocycles. The first-order chi connectivity index (χ1) is 12.3. The molecule has 2 aromatic carbocycles. The molecule has 0 fully saturated rings. The van der Waals surface area contributed by atoms with E-state index in [1.807, 2.05) is 0 Å². The van der Waals surface area contributed by atoms with Gasteiger partial charge in [0.25, 0.3) is 0 Å². The van der Waals surface area contributed by atoms with Crippen molar-refractivity contribution in [2.24, 2.45) is 0 Å². The number of nitrogens with zero attached hydrogens (tertiary/aromatic N) is 2. The maximum absolute atomic E-state index is 13.2. The number of alkyl halides is 3. The van der Waals surface area contributed by atoms with Crippen molar-refractivity contribution in [1.82, 2.24) is 9.97 Å².